The number of hydrogen-bond donors (Lipinski definition) is 1. The predicted molar refractivity (Wildman–Crippen MR) is 104 cm³/mol. The molecule has 3 nitrogen and oxygen atoms in total. The molecule has 0 saturated carbocycles. The van der Waals surface area contributed by atoms with E-state index in [2.05, 4.69) is 48.2 Å². The summed E-state index contributed by atoms with van der Waals surface area (Å²) in [7, 11) is 0. The smallest absolute Gasteiger partial charge is 0.119 e. The zero-order valence-electron chi connectivity index (χ0n) is 15.2. The second-order valence-corrected chi connectivity index (χ2v) is 6.88. The van der Waals surface area contributed by atoms with Crippen molar-refractivity contribution in [1.82, 2.24) is 4.90 Å². The molecule has 1 aliphatic heterocycles. The molecule has 2 atom stereocenters. The Kier molecular flexibility index (Phi) is 6.48. The summed E-state index contributed by atoms with van der Waals surface area (Å²) in [5, 5.41) is 0. The summed E-state index contributed by atoms with van der Waals surface area (Å²) in [5.41, 5.74) is 8.69. The van der Waals surface area contributed by atoms with Crippen molar-refractivity contribution in [3.8, 4) is 5.75 Å². The highest BCUT2D eigenvalue weighted by Crippen LogP contribution is 2.30. The van der Waals surface area contributed by atoms with Crippen LogP contribution in [0.5, 0.6) is 5.75 Å². The first-order chi connectivity index (χ1) is 12.3. The van der Waals surface area contributed by atoms with Crippen molar-refractivity contribution in [3.05, 3.63) is 65.7 Å². The van der Waals surface area contributed by atoms with Gasteiger partial charge in [-0.3, -0.25) is 0 Å². The summed E-state index contributed by atoms with van der Waals surface area (Å²) in [6.45, 7) is 5.87. The van der Waals surface area contributed by atoms with E-state index >= 15 is 0 Å². The maximum atomic E-state index is 6.17. The standard InChI is InChI=1S/C22H30N2O/c1-2-24-15-7-6-10-22(24)21(16-23)19-11-13-20(14-12-19)25-17-18-8-4-3-5-9-18/h3-5,8-9,11-14,21-22H,2,6-7,10,15-17,23H2,1H3. The van der Waals surface area contributed by atoms with E-state index < -0.39 is 0 Å². The summed E-state index contributed by atoms with van der Waals surface area (Å²) in [4.78, 5) is 2.60. The van der Waals surface area contributed by atoms with Crippen LogP contribution in [0.15, 0.2) is 54.6 Å². The summed E-state index contributed by atoms with van der Waals surface area (Å²) in [6, 6.07) is 19.4. The molecule has 2 unspecified atom stereocenters. The van der Waals surface area contributed by atoms with E-state index in [4.69, 9.17) is 10.5 Å². The highest BCUT2D eigenvalue weighted by Gasteiger charge is 2.29. The Bertz CT molecular complexity index is 626. The van der Waals surface area contributed by atoms with Crippen molar-refractivity contribution >= 4 is 0 Å². The van der Waals surface area contributed by atoms with E-state index in [0.29, 0.717) is 25.1 Å². The first kappa shape index (κ1) is 18.0. The lowest BCUT2D eigenvalue weighted by molar-refractivity contribution is 0.134. The van der Waals surface area contributed by atoms with Gasteiger partial charge in [0, 0.05) is 18.5 Å². The molecule has 0 radical (unpaired) electrons. The zero-order valence-corrected chi connectivity index (χ0v) is 15.2. The van der Waals surface area contributed by atoms with E-state index in [1.165, 1.54) is 36.9 Å². The van der Waals surface area contributed by atoms with Crippen LogP contribution in [0.25, 0.3) is 0 Å². The first-order valence-electron chi connectivity index (χ1n) is 9.52. The van der Waals surface area contributed by atoms with Gasteiger partial charge in [0.05, 0.1) is 0 Å². The number of likely N-dealkylation sites (tertiary alicyclic amines) is 1. The molecule has 3 heteroatoms. The zero-order chi connectivity index (χ0) is 17.5. The van der Waals surface area contributed by atoms with E-state index in [9.17, 15) is 0 Å². The Morgan fingerprint density at radius 2 is 1.84 bits per heavy atom. The normalized spacial score (nSPS) is 19.5. The average Bonchev–Trinajstić information content (AvgIpc) is 2.69. The number of piperidine rings is 1. The quantitative estimate of drug-likeness (QED) is 0.823. The van der Waals surface area contributed by atoms with Crippen molar-refractivity contribution < 1.29 is 4.74 Å². The second kappa shape index (κ2) is 9.02. The number of likely N-dealkylation sites (N-methyl/N-ethyl adjacent to an activating group) is 1. The van der Waals surface area contributed by atoms with E-state index in [1.54, 1.807) is 0 Å². The maximum absolute atomic E-state index is 6.17. The summed E-state index contributed by atoms with van der Waals surface area (Å²) < 4.78 is 5.91. The summed E-state index contributed by atoms with van der Waals surface area (Å²) in [5.74, 6) is 1.32. The van der Waals surface area contributed by atoms with E-state index in [0.717, 1.165) is 12.3 Å². The molecule has 2 aromatic rings. The van der Waals surface area contributed by atoms with Gasteiger partial charge in [0.1, 0.15) is 12.4 Å². The van der Waals surface area contributed by atoms with Gasteiger partial charge >= 0.3 is 0 Å². The van der Waals surface area contributed by atoms with Gasteiger partial charge in [0.2, 0.25) is 0 Å². The lowest BCUT2D eigenvalue weighted by Gasteiger charge is -2.39. The summed E-state index contributed by atoms with van der Waals surface area (Å²) >= 11 is 0. The second-order valence-electron chi connectivity index (χ2n) is 6.88. The fourth-order valence-electron chi connectivity index (χ4n) is 3.93. The van der Waals surface area contributed by atoms with Gasteiger partial charge in [0.25, 0.3) is 0 Å². The molecule has 1 aliphatic rings. The Labute approximate surface area is 151 Å². The van der Waals surface area contributed by atoms with Crippen molar-refractivity contribution in [1.29, 1.82) is 0 Å². The minimum atomic E-state index is 0.406. The van der Waals surface area contributed by atoms with Crippen LogP contribution < -0.4 is 10.5 Å². The summed E-state index contributed by atoms with van der Waals surface area (Å²) in [6.07, 6.45) is 3.88. The molecule has 0 spiro atoms. The average molecular weight is 338 g/mol. The molecule has 0 amide bonds. The minimum Gasteiger partial charge on any atom is -0.489 e. The van der Waals surface area contributed by atoms with Crippen LogP contribution >= 0.6 is 0 Å². The Hall–Kier alpha value is -1.84. The lowest BCUT2D eigenvalue weighted by atomic mass is 9.85. The molecule has 1 saturated heterocycles. The fourth-order valence-corrected chi connectivity index (χ4v) is 3.93. The van der Waals surface area contributed by atoms with E-state index in [-0.39, 0.29) is 0 Å². The monoisotopic (exact) mass is 338 g/mol. The third-order valence-corrected chi connectivity index (χ3v) is 5.35. The fraction of sp³-hybridized carbons (Fsp3) is 0.455. The van der Waals surface area contributed by atoms with Gasteiger partial charge < -0.3 is 15.4 Å². The van der Waals surface area contributed by atoms with Crippen LogP contribution in [0.1, 0.15) is 43.2 Å². The number of ether oxygens (including phenoxy) is 1. The molecule has 0 aromatic heterocycles. The van der Waals surface area contributed by atoms with Crippen molar-refractivity contribution in [3.63, 3.8) is 0 Å². The third kappa shape index (κ3) is 4.62. The van der Waals surface area contributed by atoms with E-state index in [1.807, 2.05) is 18.2 Å². The lowest BCUT2D eigenvalue weighted by Crippen LogP contribution is -2.45. The minimum absolute atomic E-state index is 0.406. The molecule has 0 aliphatic carbocycles. The topological polar surface area (TPSA) is 38.5 Å². The molecule has 134 valence electrons. The number of nitrogens with two attached hydrogens (primary N) is 1. The molecule has 2 aromatic carbocycles. The van der Waals surface area contributed by atoms with Crippen LogP contribution in [0.4, 0.5) is 0 Å². The number of hydrogen-bond acceptors (Lipinski definition) is 3. The van der Waals surface area contributed by atoms with Crippen LogP contribution in [0, 0.1) is 0 Å². The van der Waals surface area contributed by atoms with Gasteiger partial charge in [-0.1, -0.05) is 55.8 Å². The number of nitrogens with zero attached hydrogens (tertiary/aromatic N) is 1. The molecule has 3 rings (SSSR count). The Balaban J connectivity index is 1.65. The molecule has 25 heavy (non-hydrogen) atoms. The predicted octanol–water partition coefficient (Wildman–Crippen LogP) is 4.18. The largest absolute Gasteiger partial charge is 0.489 e. The van der Waals surface area contributed by atoms with Crippen LogP contribution in [-0.2, 0) is 6.61 Å². The highest BCUT2D eigenvalue weighted by atomic mass is 16.5. The van der Waals surface area contributed by atoms with Crippen LogP contribution in [-0.4, -0.2) is 30.6 Å². The Morgan fingerprint density at radius 3 is 2.52 bits per heavy atom. The van der Waals surface area contributed by atoms with Crippen molar-refractivity contribution in [2.24, 2.45) is 5.73 Å². The highest BCUT2D eigenvalue weighted by molar-refractivity contribution is 5.31. The van der Waals surface area contributed by atoms with Gasteiger partial charge in [-0.25, -0.2) is 0 Å². The number of rotatable bonds is 7. The first-order valence-corrected chi connectivity index (χ1v) is 9.52. The molecular weight excluding hydrogens is 308 g/mol. The molecule has 0 bridgehead atoms. The third-order valence-electron chi connectivity index (χ3n) is 5.35. The van der Waals surface area contributed by atoms with Gasteiger partial charge in [-0.2, -0.15) is 0 Å². The van der Waals surface area contributed by atoms with Crippen LogP contribution in [0.2, 0.25) is 0 Å². The molecule has 1 fully saturated rings. The Morgan fingerprint density at radius 1 is 1.08 bits per heavy atom. The van der Waals surface area contributed by atoms with Gasteiger partial charge in [-0.05, 0) is 49.2 Å². The SMILES string of the molecule is CCN1CCCCC1C(CN)c1ccc(OCc2ccccc2)cc1. The number of benzene rings is 2. The molecule has 1 heterocycles. The van der Waals surface area contributed by atoms with Crippen LogP contribution in [0.3, 0.4) is 0 Å². The van der Waals surface area contributed by atoms with Crippen molar-refractivity contribution in [2.75, 3.05) is 19.6 Å². The van der Waals surface area contributed by atoms with Gasteiger partial charge in [-0.15, -0.1) is 0 Å². The van der Waals surface area contributed by atoms with Crippen molar-refractivity contribution in [2.45, 2.75) is 44.8 Å². The van der Waals surface area contributed by atoms with Gasteiger partial charge in [0.15, 0.2) is 0 Å². The maximum Gasteiger partial charge on any atom is 0.119 e. The molecular formula is C22H30N2O. The molecule has 2 N–H and O–H groups in total.